The maximum atomic E-state index is 13.0. The third kappa shape index (κ3) is 3.32. The van der Waals surface area contributed by atoms with Crippen LogP contribution in [0, 0.1) is 11.3 Å². The third-order valence-corrected chi connectivity index (χ3v) is 6.42. The van der Waals surface area contributed by atoms with Crippen molar-refractivity contribution in [1.29, 1.82) is 5.26 Å². The van der Waals surface area contributed by atoms with Crippen LogP contribution in [-0.2, 0) is 18.3 Å². The van der Waals surface area contributed by atoms with Gasteiger partial charge in [-0.1, -0.05) is 30.3 Å². The van der Waals surface area contributed by atoms with E-state index < -0.39 is 5.41 Å². The molecule has 5 rings (SSSR count). The molecule has 1 aromatic carbocycles. The van der Waals surface area contributed by atoms with Gasteiger partial charge in [-0.25, -0.2) is 9.67 Å². The van der Waals surface area contributed by atoms with Crippen LogP contribution in [0.15, 0.2) is 47.5 Å². The van der Waals surface area contributed by atoms with Crippen LogP contribution in [-0.4, -0.2) is 43.6 Å². The van der Waals surface area contributed by atoms with Gasteiger partial charge in [-0.05, 0) is 37.7 Å². The van der Waals surface area contributed by atoms with Crippen LogP contribution < -0.4 is 5.56 Å². The topological polar surface area (TPSA) is 108 Å². The summed E-state index contributed by atoms with van der Waals surface area (Å²) in [6.45, 7) is 1.00. The summed E-state index contributed by atoms with van der Waals surface area (Å²) in [7, 11) is 0. The fraction of sp³-hybridized carbons (Fsp3) is 0.348. The second kappa shape index (κ2) is 7.51. The molecule has 0 saturated carbocycles. The van der Waals surface area contributed by atoms with Gasteiger partial charge in [0.25, 0.3) is 11.5 Å². The lowest BCUT2D eigenvalue weighted by atomic mass is 9.74. The normalized spacial score (nSPS) is 17.2. The summed E-state index contributed by atoms with van der Waals surface area (Å²) in [5.41, 5.74) is 2.31. The van der Waals surface area contributed by atoms with Gasteiger partial charge in [0.1, 0.15) is 0 Å². The Morgan fingerprint density at radius 1 is 1.16 bits per heavy atom. The van der Waals surface area contributed by atoms with Crippen molar-refractivity contribution in [3.8, 4) is 12.0 Å². The Balaban J connectivity index is 1.33. The largest absolute Gasteiger partial charge is 0.338 e. The highest BCUT2D eigenvalue weighted by atomic mass is 16.2. The standard InChI is InChI=1S/C23H22N6O2/c24-15-23(17-5-2-1-3-6-17)9-11-28(12-10-23)21(31)16-13-25-29(14-16)22-26-19-8-4-7-18(19)20(30)27-22/h1-3,5-6,13-14H,4,7-12H2,(H,26,27,30). The number of nitrogens with one attached hydrogen (secondary N) is 1. The van der Waals surface area contributed by atoms with E-state index in [4.69, 9.17) is 0 Å². The molecule has 1 fully saturated rings. The lowest BCUT2D eigenvalue weighted by Gasteiger charge is -2.37. The highest BCUT2D eigenvalue weighted by Gasteiger charge is 2.38. The summed E-state index contributed by atoms with van der Waals surface area (Å²) >= 11 is 0. The van der Waals surface area contributed by atoms with E-state index in [9.17, 15) is 14.9 Å². The second-order valence-corrected chi connectivity index (χ2v) is 8.19. The van der Waals surface area contributed by atoms with Crippen LogP contribution in [0.4, 0.5) is 0 Å². The molecule has 0 spiro atoms. The zero-order valence-corrected chi connectivity index (χ0v) is 17.0. The van der Waals surface area contributed by atoms with Gasteiger partial charge in [0.15, 0.2) is 0 Å². The number of piperidine rings is 1. The van der Waals surface area contributed by atoms with E-state index in [0.29, 0.717) is 37.4 Å². The molecule has 0 atom stereocenters. The molecule has 0 unspecified atom stereocenters. The Kier molecular flexibility index (Phi) is 4.66. The number of hydrogen-bond acceptors (Lipinski definition) is 5. The molecule has 31 heavy (non-hydrogen) atoms. The van der Waals surface area contributed by atoms with Crippen molar-refractivity contribution >= 4 is 5.91 Å². The fourth-order valence-corrected chi connectivity index (χ4v) is 4.58. The molecule has 1 amide bonds. The Labute approximate surface area is 179 Å². The number of benzene rings is 1. The second-order valence-electron chi connectivity index (χ2n) is 8.19. The van der Waals surface area contributed by atoms with E-state index in [1.165, 1.54) is 10.9 Å². The fourth-order valence-electron chi connectivity index (χ4n) is 4.58. The van der Waals surface area contributed by atoms with Gasteiger partial charge in [-0.15, -0.1) is 0 Å². The van der Waals surface area contributed by atoms with Gasteiger partial charge >= 0.3 is 0 Å². The molecule has 2 aromatic heterocycles. The number of H-pyrrole nitrogens is 1. The van der Waals surface area contributed by atoms with Crippen molar-refractivity contribution in [3.63, 3.8) is 0 Å². The first-order chi connectivity index (χ1) is 15.1. The molecule has 0 bridgehead atoms. The average Bonchev–Trinajstić information content (AvgIpc) is 3.49. The summed E-state index contributed by atoms with van der Waals surface area (Å²) in [4.78, 5) is 34.3. The maximum absolute atomic E-state index is 13.0. The van der Waals surface area contributed by atoms with Crippen molar-refractivity contribution in [2.75, 3.05) is 13.1 Å². The summed E-state index contributed by atoms with van der Waals surface area (Å²) in [6.07, 6.45) is 6.75. The Hall–Kier alpha value is -3.73. The third-order valence-electron chi connectivity index (χ3n) is 6.42. The number of rotatable bonds is 3. The van der Waals surface area contributed by atoms with Gasteiger partial charge in [-0.2, -0.15) is 10.4 Å². The van der Waals surface area contributed by atoms with Crippen LogP contribution in [0.3, 0.4) is 0 Å². The first kappa shape index (κ1) is 19.2. The molecule has 1 saturated heterocycles. The first-order valence-electron chi connectivity index (χ1n) is 10.5. The molecule has 3 aromatic rings. The number of hydrogen-bond donors (Lipinski definition) is 1. The lowest BCUT2D eigenvalue weighted by molar-refractivity contribution is 0.0692. The minimum Gasteiger partial charge on any atom is -0.338 e. The number of aromatic amines is 1. The van der Waals surface area contributed by atoms with E-state index in [-0.39, 0.29) is 11.5 Å². The predicted octanol–water partition coefficient (Wildman–Crippen LogP) is 2.14. The number of carbonyl (C=O) groups excluding carboxylic acids is 1. The van der Waals surface area contributed by atoms with Crippen LogP contribution >= 0.6 is 0 Å². The lowest BCUT2D eigenvalue weighted by Crippen LogP contribution is -2.44. The smallest absolute Gasteiger partial charge is 0.257 e. The summed E-state index contributed by atoms with van der Waals surface area (Å²) in [5.74, 6) is 0.199. The van der Waals surface area contributed by atoms with Crippen molar-refractivity contribution in [1.82, 2.24) is 24.6 Å². The number of likely N-dealkylation sites (tertiary alicyclic amines) is 1. The van der Waals surface area contributed by atoms with E-state index in [1.54, 1.807) is 11.1 Å². The predicted molar refractivity (Wildman–Crippen MR) is 113 cm³/mol. The number of amides is 1. The Morgan fingerprint density at radius 2 is 1.94 bits per heavy atom. The van der Waals surface area contributed by atoms with Crippen molar-refractivity contribution in [2.24, 2.45) is 0 Å². The number of aromatic nitrogens is 4. The Bertz CT molecular complexity index is 1230. The monoisotopic (exact) mass is 414 g/mol. The van der Waals surface area contributed by atoms with Gasteiger partial charge in [0.05, 0.1) is 28.9 Å². The number of nitrogens with zero attached hydrogens (tertiary/aromatic N) is 5. The van der Waals surface area contributed by atoms with Crippen LogP contribution in [0.1, 0.15) is 46.4 Å². The number of fused-ring (bicyclic) bond motifs is 1. The first-order valence-corrected chi connectivity index (χ1v) is 10.5. The quantitative estimate of drug-likeness (QED) is 0.706. The van der Waals surface area contributed by atoms with E-state index in [1.807, 2.05) is 30.3 Å². The average molecular weight is 414 g/mol. The number of aryl methyl sites for hydroxylation is 1. The molecule has 1 aliphatic carbocycles. The summed E-state index contributed by atoms with van der Waals surface area (Å²) in [6, 6.07) is 12.3. The minimum absolute atomic E-state index is 0.130. The number of nitriles is 1. The molecular weight excluding hydrogens is 392 g/mol. The minimum atomic E-state index is -0.559. The molecule has 8 nitrogen and oxygen atoms in total. The molecular formula is C23H22N6O2. The highest BCUT2D eigenvalue weighted by molar-refractivity contribution is 5.93. The van der Waals surface area contributed by atoms with Crippen molar-refractivity contribution < 1.29 is 4.79 Å². The highest BCUT2D eigenvalue weighted by Crippen LogP contribution is 2.35. The van der Waals surface area contributed by atoms with Crippen LogP contribution in [0.5, 0.6) is 0 Å². The molecule has 156 valence electrons. The molecule has 1 aliphatic heterocycles. The van der Waals surface area contributed by atoms with Crippen molar-refractivity contribution in [2.45, 2.75) is 37.5 Å². The van der Waals surface area contributed by atoms with Gasteiger partial charge in [0.2, 0.25) is 5.95 Å². The Morgan fingerprint density at radius 3 is 2.68 bits per heavy atom. The van der Waals surface area contributed by atoms with E-state index >= 15 is 0 Å². The van der Waals surface area contributed by atoms with Crippen molar-refractivity contribution in [3.05, 3.63) is 75.5 Å². The van der Waals surface area contributed by atoms with Gasteiger partial charge in [-0.3, -0.25) is 14.6 Å². The van der Waals surface area contributed by atoms with Crippen LogP contribution in [0.25, 0.3) is 5.95 Å². The molecule has 8 heteroatoms. The molecule has 0 radical (unpaired) electrons. The molecule has 3 heterocycles. The van der Waals surface area contributed by atoms with Gasteiger partial charge < -0.3 is 4.90 Å². The molecule has 1 N–H and O–H groups in total. The number of carbonyl (C=O) groups is 1. The SMILES string of the molecule is N#CC1(c2ccccc2)CCN(C(=O)c2cnn(-c3nc4c(c(=O)[nH]3)CCC4)c2)CC1. The van der Waals surface area contributed by atoms with Crippen LogP contribution in [0.2, 0.25) is 0 Å². The van der Waals surface area contributed by atoms with Gasteiger partial charge in [0, 0.05) is 24.8 Å². The zero-order chi connectivity index (χ0) is 21.4. The maximum Gasteiger partial charge on any atom is 0.257 e. The molecule has 2 aliphatic rings. The zero-order valence-electron chi connectivity index (χ0n) is 17.0. The summed E-state index contributed by atoms with van der Waals surface area (Å²) in [5, 5.41) is 14.1. The summed E-state index contributed by atoms with van der Waals surface area (Å²) < 4.78 is 1.45. The van der Waals surface area contributed by atoms with E-state index in [0.717, 1.165) is 36.1 Å². The van der Waals surface area contributed by atoms with E-state index in [2.05, 4.69) is 21.1 Å².